The van der Waals surface area contributed by atoms with E-state index >= 15 is 0 Å². The van der Waals surface area contributed by atoms with E-state index in [1.165, 1.54) is 6.08 Å². The topological polar surface area (TPSA) is 92.3 Å². The zero-order chi connectivity index (χ0) is 22.0. The third-order valence-electron chi connectivity index (χ3n) is 3.52. The van der Waals surface area contributed by atoms with Crippen LogP contribution in [0, 0.1) is 18.6 Å². The van der Waals surface area contributed by atoms with Crippen LogP contribution >= 0.6 is 0 Å². The van der Waals surface area contributed by atoms with Gasteiger partial charge in [0.1, 0.15) is 16.5 Å². The highest BCUT2D eigenvalue weighted by atomic mass is 32.2. The van der Waals surface area contributed by atoms with Gasteiger partial charge in [-0.1, -0.05) is 29.8 Å². The maximum atomic E-state index is 14.1. The van der Waals surface area contributed by atoms with E-state index in [1.807, 2.05) is 11.6 Å². The van der Waals surface area contributed by atoms with E-state index in [0.29, 0.717) is 17.7 Å². The Bertz CT molecular complexity index is 1140. The van der Waals surface area contributed by atoms with Gasteiger partial charge in [-0.3, -0.25) is 4.72 Å². The molecule has 2 rings (SSSR count). The van der Waals surface area contributed by atoms with Crippen LogP contribution in [0.4, 0.5) is 14.5 Å². The zero-order valence-electron chi connectivity index (χ0n) is 16.3. The third kappa shape index (κ3) is 6.62. The lowest BCUT2D eigenvalue weighted by molar-refractivity contribution is 0.485. The molecule has 0 aliphatic heterocycles. The van der Waals surface area contributed by atoms with E-state index in [-0.39, 0.29) is 0 Å². The minimum Gasteiger partial charge on any atom is -0.277 e. The number of aryl methyl sites for hydroxylation is 1. The summed E-state index contributed by atoms with van der Waals surface area (Å²) in [7, 11) is -8.53. The second kappa shape index (κ2) is 8.21. The molecule has 0 unspecified atom stereocenters. The zero-order valence-corrected chi connectivity index (χ0v) is 18.0. The van der Waals surface area contributed by atoms with E-state index in [4.69, 9.17) is 0 Å². The number of nitrogens with one attached hydrogen (secondary N) is 2. The van der Waals surface area contributed by atoms with Crippen molar-refractivity contribution in [3.8, 4) is 0 Å². The monoisotopic (exact) mass is 444 g/mol. The van der Waals surface area contributed by atoms with Gasteiger partial charge in [0.05, 0.1) is 11.1 Å². The number of halogens is 2. The summed E-state index contributed by atoms with van der Waals surface area (Å²) in [5, 5.41) is 0.808. The first-order chi connectivity index (χ1) is 13.2. The molecule has 10 heteroatoms. The highest BCUT2D eigenvalue weighted by molar-refractivity contribution is 7.95. The van der Waals surface area contributed by atoms with Crippen LogP contribution < -0.4 is 9.44 Å². The molecule has 0 saturated heterocycles. The molecule has 2 aromatic carbocycles. The molecule has 0 aliphatic rings. The van der Waals surface area contributed by atoms with Crippen LogP contribution in [-0.4, -0.2) is 22.4 Å². The molecule has 0 amide bonds. The average Bonchev–Trinajstić information content (AvgIpc) is 2.54. The number of hydrogen-bond acceptors (Lipinski definition) is 4. The molecule has 0 aliphatic carbocycles. The van der Waals surface area contributed by atoms with Crippen molar-refractivity contribution in [1.29, 1.82) is 0 Å². The van der Waals surface area contributed by atoms with Crippen molar-refractivity contribution in [2.45, 2.75) is 38.1 Å². The minimum atomic E-state index is -4.35. The molecule has 6 nitrogen and oxygen atoms in total. The SMILES string of the molecule is Cc1ccc(/C=C\S(=O)(=O)Nc2cc(S(=O)(=O)NC(C)(C)C)c(F)cc2F)cc1. The number of anilines is 1. The first kappa shape index (κ1) is 23.0. The number of sulfonamides is 2. The Morgan fingerprint density at radius 3 is 2.07 bits per heavy atom. The number of hydrogen-bond donors (Lipinski definition) is 2. The van der Waals surface area contributed by atoms with Gasteiger partial charge in [0.15, 0.2) is 0 Å². The largest absolute Gasteiger partial charge is 0.277 e. The lowest BCUT2D eigenvalue weighted by Crippen LogP contribution is -2.40. The molecule has 2 N–H and O–H groups in total. The summed E-state index contributed by atoms with van der Waals surface area (Å²) < 4.78 is 81.6. The Morgan fingerprint density at radius 2 is 1.52 bits per heavy atom. The van der Waals surface area contributed by atoms with Crippen molar-refractivity contribution in [3.63, 3.8) is 0 Å². The fourth-order valence-corrected chi connectivity index (χ4v) is 4.68. The predicted molar refractivity (Wildman–Crippen MR) is 109 cm³/mol. The highest BCUT2D eigenvalue weighted by Gasteiger charge is 2.27. The average molecular weight is 445 g/mol. The van der Waals surface area contributed by atoms with Gasteiger partial charge in [0.25, 0.3) is 10.0 Å². The quantitative estimate of drug-likeness (QED) is 0.710. The second-order valence-corrected chi connectivity index (χ2v) is 10.7. The van der Waals surface area contributed by atoms with Crippen LogP contribution in [-0.2, 0) is 20.0 Å². The van der Waals surface area contributed by atoms with Crippen molar-refractivity contribution >= 4 is 31.8 Å². The Balaban J connectivity index is 2.36. The van der Waals surface area contributed by atoms with Gasteiger partial charge >= 0.3 is 0 Å². The predicted octanol–water partition coefficient (Wildman–Crippen LogP) is 3.76. The van der Waals surface area contributed by atoms with Crippen LogP contribution in [0.3, 0.4) is 0 Å². The molecule has 158 valence electrons. The third-order valence-corrected chi connectivity index (χ3v) is 6.29. The summed E-state index contributed by atoms with van der Waals surface area (Å²) in [4.78, 5) is -0.867. The Labute approximate surface area is 169 Å². The molecule has 0 fully saturated rings. The van der Waals surface area contributed by atoms with Gasteiger partial charge in [0.2, 0.25) is 10.0 Å². The molecule has 0 aromatic heterocycles. The van der Waals surface area contributed by atoms with E-state index < -0.39 is 47.8 Å². The molecule has 0 heterocycles. The van der Waals surface area contributed by atoms with E-state index in [1.54, 1.807) is 45.0 Å². The normalized spacial score (nSPS) is 13.0. The molecule has 29 heavy (non-hydrogen) atoms. The van der Waals surface area contributed by atoms with Crippen LogP contribution in [0.1, 0.15) is 31.9 Å². The Morgan fingerprint density at radius 1 is 0.931 bits per heavy atom. The molecule has 2 aromatic rings. The first-order valence-corrected chi connectivity index (χ1v) is 11.5. The smallest absolute Gasteiger partial charge is 0.255 e. The summed E-state index contributed by atoms with van der Waals surface area (Å²) >= 11 is 0. The van der Waals surface area contributed by atoms with Gasteiger partial charge in [-0.2, -0.15) is 0 Å². The molecule has 0 saturated carbocycles. The fraction of sp³-hybridized carbons (Fsp3) is 0.263. The minimum absolute atomic E-state index is 0.318. The van der Waals surface area contributed by atoms with Crippen LogP contribution in [0.25, 0.3) is 6.08 Å². The van der Waals surface area contributed by atoms with Crippen LogP contribution in [0.5, 0.6) is 0 Å². The van der Waals surface area contributed by atoms with Crippen molar-refractivity contribution < 1.29 is 25.6 Å². The highest BCUT2D eigenvalue weighted by Crippen LogP contribution is 2.25. The van der Waals surface area contributed by atoms with Crippen LogP contribution in [0.15, 0.2) is 46.7 Å². The lowest BCUT2D eigenvalue weighted by atomic mass is 10.1. The van der Waals surface area contributed by atoms with Crippen molar-refractivity contribution in [2.24, 2.45) is 0 Å². The van der Waals surface area contributed by atoms with Crippen molar-refractivity contribution in [2.75, 3.05) is 4.72 Å². The molecule has 0 bridgehead atoms. The number of rotatable bonds is 6. The number of benzene rings is 2. The van der Waals surface area contributed by atoms with Gasteiger partial charge in [-0.15, -0.1) is 0 Å². The summed E-state index contributed by atoms with van der Waals surface area (Å²) in [5.74, 6) is -2.58. The summed E-state index contributed by atoms with van der Waals surface area (Å²) in [6, 6.07) is 7.90. The van der Waals surface area contributed by atoms with Crippen molar-refractivity contribution in [3.05, 3.63) is 64.6 Å². The molecule has 0 radical (unpaired) electrons. The van der Waals surface area contributed by atoms with E-state index in [9.17, 15) is 25.6 Å². The lowest BCUT2D eigenvalue weighted by Gasteiger charge is -2.21. The Kier molecular flexibility index (Phi) is 6.51. The Hall–Kier alpha value is -2.30. The molecular weight excluding hydrogens is 422 g/mol. The van der Waals surface area contributed by atoms with Gasteiger partial charge in [-0.05, 0) is 45.4 Å². The molecule has 0 atom stereocenters. The van der Waals surface area contributed by atoms with Crippen molar-refractivity contribution in [1.82, 2.24) is 4.72 Å². The fourth-order valence-electron chi connectivity index (χ4n) is 2.30. The van der Waals surface area contributed by atoms with Crippen LogP contribution in [0.2, 0.25) is 0 Å². The van der Waals surface area contributed by atoms with E-state index in [2.05, 4.69) is 4.72 Å². The molecule has 0 spiro atoms. The van der Waals surface area contributed by atoms with E-state index in [0.717, 1.165) is 11.0 Å². The van der Waals surface area contributed by atoms with Gasteiger partial charge < -0.3 is 0 Å². The first-order valence-electron chi connectivity index (χ1n) is 8.49. The summed E-state index contributed by atoms with van der Waals surface area (Å²) in [6.45, 7) is 6.52. The standard InChI is InChI=1S/C19H22F2N2O4S2/c1-13-5-7-14(8-6-13)9-10-28(24,25)22-17-12-18(16(21)11-15(17)20)29(26,27)23-19(2,3)4/h5-12,22-23H,1-4H3/b10-9-. The van der Waals surface area contributed by atoms with Gasteiger partial charge in [-0.25, -0.2) is 30.3 Å². The summed E-state index contributed by atoms with van der Waals surface area (Å²) in [5.41, 5.74) is -0.0163. The maximum Gasteiger partial charge on any atom is 0.255 e. The second-order valence-electron chi connectivity index (χ2n) is 7.48. The summed E-state index contributed by atoms with van der Waals surface area (Å²) in [6.07, 6.45) is 1.29. The molecular formula is C19H22F2N2O4S2. The maximum absolute atomic E-state index is 14.1. The van der Waals surface area contributed by atoms with Gasteiger partial charge in [0, 0.05) is 11.6 Å².